The van der Waals surface area contributed by atoms with Gasteiger partial charge in [0.15, 0.2) is 0 Å². The van der Waals surface area contributed by atoms with Crippen LogP contribution in [-0.4, -0.2) is 20.9 Å². The number of nitrogens with one attached hydrogen (secondary N) is 2. The summed E-state index contributed by atoms with van der Waals surface area (Å²) in [5, 5.41) is 19.5. The number of aromatic nitrogens is 2. The van der Waals surface area contributed by atoms with E-state index in [9.17, 15) is 14.3 Å². The van der Waals surface area contributed by atoms with Crippen LogP contribution < -0.4 is 10.6 Å². The van der Waals surface area contributed by atoms with Crippen LogP contribution >= 0.6 is 0 Å². The number of rotatable bonds is 4. The molecule has 2 aromatic carbocycles. The first-order valence-corrected chi connectivity index (χ1v) is 8.90. The van der Waals surface area contributed by atoms with Crippen molar-refractivity contribution in [3.63, 3.8) is 0 Å². The molecule has 0 aliphatic heterocycles. The minimum Gasteiger partial charge on any atom is -0.392 e. The van der Waals surface area contributed by atoms with Gasteiger partial charge in [0, 0.05) is 17.2 Å². The van der Waals surface area contributed by atoms with E-state index in [2.05, 4.69) is 15.7 Å². The van der Waals surface area contributed by atoms with Crippen molar-refractivity contribution in [3.8, 4) is 5.69 Å². The second kappa shape index (κ2) is 7.82. The molecular formula is C21H23FN4O2. The molecule has 0 saturated carbocycles. The van der Waals surface area contributed by atoms with E-state index in [4.69, 9.17) is 0 Å². The molecule has 0 atom stereocenters. The fourth-order valence-electron chi connectivity index (χ4n) is 2.63. The summed E-state index contributed by atoms with van der Waals surface area (Å²) in [6.45, 7) is 6.01. The van der Waals surface area contributed by atoms with Crippen molar-refractivity contribution < 1.29 is 14.3 Å². The number of anilines is 2. The third kappa shape index (κ3) is 4.55. The predicted molar refractivity (Wildman–Crippen MR) is 107 cm³/mol. The Bertz CT molecular complexity index is 975. The van der Waals surface area contributed by atoms with Gasteiger partial charge in [-0.05, 0) is 42.0 Å². The van der Waals surface area contributed by atoms with Gasteiger partial charge in [-0.25, -0.2) is 13.9 Å². The summed E-state index contributed by atoms with van der Waals surface area (Å²) in [5.41, 5.74) is 2.53. The van der Waals surface area contributed by atoms with E-state index in [1.165, 1.54) is 24.3 Å². The molecule has 1 aromatic heterocycles. The molecule has 0 radical (unpaired) electrons. The van der Waals surface area contributed by atoms with Crippen LogP contribution in [0.4, 0.5) is 20.7 Å². The Hall–Kier alpha value is -3.19. The molecule has 6 nitrogen and oxygen atoms in total. The van der Waals surface area contributed by atoms with E-state index in [0.29, 0.717) is 11.5 Å². The van der Waals surface area contributed by atoms with E-state index >= 15 is 0 Å². The molecule has 0 aliphatic carbocycles. The van der Waals surface area contributed by atoms with Crippen LogP contribution in [0.3, 0.4) is 0 Å². The number of carbonyl (C=O) groups is 1. The number of amides is 2. The van der Waals surface area contributed by atoms with E-state index in [-0.39, 0.29) is 17.8 Å². The summed E-state index contributed by atoms with van der Waals surface area (Å²) in [5.74, 6) is 0.113. The smallest absolute Gasteiger partial charge is 0.324 e. The van der Waals surface area contributed by atoms with Gasteiger partial charge >= 0.3 is 6.03 Å². The topological polar surface area (TPSA) is 79.2 Å². The summed E-state index contributed by atoms with van der Waals surface area (Å²) < 4.78 is 14.7. The maximum atomic E-state index is 13.0. The van der Waals surface area contributed by atoms with Crippen molar-refractivity contribution in [1.82, 2.24) is 9.78 Å². The molecular weight excluding hydrogens is 359 g/mol. The Kier molecular flexibility index (Phi) is 5.46. The molecule has 0 spiro atoms. The second-order valence-corrected chi connectivity index (χ2v) is 7.49. The molecule has 3 rings (SSSR count). The first-order chi connectivity index (χ1) is 13.3. The zero-order valence-corrected chi connectivity index (χ0v) is 16.0. The normalized spacial score (nSPS) is 11.3. The van der Waals surface area contributed by atoms with Crippen LogP contribution in [-0.2, 0) is 12.0 Å². The van der Waals surface area contributed by atoms with Crippen molar-refractivity contribution in [3.05, 3.63) is 71.7 Å². The van der Waals surface area contributed by atoms with Crippen LogP contribution in [0.5, 0.6) is 0 Å². The van der Waals surface area contributed by atoms with Gasteiger partial charge in [-0.2, -0.15) is 5.10 Å². The molecule has 1 heterocycles. The molecule has 0 aliphatic rings. The first-order valence-electron chi connectivity index (χ1n) is 8.90. The van der Waals surface area contributed by atoms with Gasteiger partial charge < -0.3 is 10.4 Å². The number of aliphatic hydroxyl groups is 1. The van der Waals surface area contributed by atoms with Crippen molar-refractivity contribution in [2.45, 2.75) is 32.8 Å². The minimum absolute atomic E-state index is 0.0882. The number of benzene rings is 2. The number of hydrogen-bond acceptors (Lipinski definition) is 3. The van der Waals surface area contributed by atoms with Gasteiger partial charge in [0.1, 0.15) is 11.6 Å². The third-order valence-electron chi connectivity index (χ3n) is 4.16. The van der Waals surface area contributed by atoms with Gasteiger partial charge in [0.2, 0.25) is 0 Å². The van der Waals surface area contributed by atoms with E-state index < -0.39 is 6.03 Å². The third-order valence-corrected chi connectivity index (χ3v) is 4.16. The summed E-state index contributed by atoms with van der Waals surface area (Å²) in [6, 6.07) is 14.2. The summed E-state index contributed by atoms with van der Waals surface area (Å²) in [6.07, 6.45) is 0. The number of aliphatic hydroxyl groups excluding tert-OH is 1. The molecule has 3 N–H and O–H groups in total. The summed E-state index contributed by atoms with van der Waals surface area (Å²) in [7, 11) is 0. The molecule has 0 fully saturated rings. The Labute approximate surface area is 163 Å². The number of halogens is 1. The van der Waals surface area contributed by atoms with Gasteiger partial charge in [-0.1, -0.05) is 32.9 Å². The summed E-state index contributed by atoms with van der Waals surface area (Å²) >= 11 is 0. The van der Waals surface area contributed by atoms with Crippen molar-refractivity contribution in [2.75, 3.05) is 10.6 Å². The SMILES string of the molecule is CC(C)(C)c1cc(NC(=O)Nc2ccc(F)cc2)n(-c2cccc(CO)c2)n1. The first kappa shape index (κ1) is 19.6. The molecule has 2 amide bonds. The molecule has 0 unspecified atom stereocenters. The zero-order chi connectivity index (χ0) is 20.3. The number of nitrogens with zero attached hydrogens (tertiary/aromatic N) is 2. The summed E-state index contributed by atoms with van der Waals surface area (Å²) in [4.78, 5) is 12.4. The fourth-order valence-corrected chi connectivity index (χ4v) is 2.63. The lowest BCUT2D eigenvalue weighted by atomic mass is 9.92. The lowest BCUT2D eigenvalue weighted by molar-refractivity contribution is 0.262. The maximum Gasteiger partial charge on any atom is 0.324 e. The number of hydrogen-bond donors (Lipinski definition) is 3. The highest BCUT2D eigenvalue weighted by molar-refractivity contribution is 5.99. The highest BCUT2D eigenvalue weighted by Gasteiger charge is 2.21. The van der Waals surface area contributed by atoms with Crippen molar-refractivity contribution >= 4 is 17.5 Å². The van der Waals surface area contributed by atoms with Gasteiger partial charge in [-0.3, -0.25) is 5.32 Å². The molecule has 28 heavy (non-hydrogen) atoms. The lowest BCUT2D eigenvalue weighted by Crippen LogP contribution is -2.21. The number of urea groups is 1. The van der Waals surface area contributed by atoms with Gasteiger partial charge in [0.25, 0.3) is 0 Å². The van der Waals surface area contributed by atoms with Crippen molar-refractivity contribution in [1.29, 1.82) is 0 Å². The molecule has 146 valence electrons. The highest BCUT2D eigenvalue weighted by atomic mass is 19.1. The highest BCUT2D eigenvalue weighted by Crippen LogP contribution is 2.26. The average Bonchev–Trinajstić information content (AvgIpc) is 3.08. The van der Waals surface area contributed by atoms with Gasteiger partial charge in [-0.15, -0.1) is 0 Å². The minimum atomic E-state index is -0.466. The quantitative estimate of drug-likeness (QED) is 0.624. The van der Waals surface area contributed by atoms with Crippen molar-refractivity contribution in [2.24, 2.45) is 0 Å². The Morgan fingerprint density at radius 2 is 1.82 bits per heavy atom. The Morgan fingerprint density at radius 3 is 2.46 bits per heavy atom. The molecule has 0 saturated heterocycles. The Morgan fingerprint density at radius 1 is 1.11 bits per heavy atom. The van der Waals surface area contributed by atoms with Crippen LogP contribution in [0.1, 0.15) is 32.0 Å². The standard InChI is InChI=1S/C21H23FN4O2/c1-21(2,3)18-12-19(24-20(28)23-16-9-7-15(22)8-10-16)26(25-18)17-6-4-5-14(11-17)13-27/h4-12,27H,13H2,1-3H3,(H2,23,24,28). The second-order valence-electron chi connectivity index (χ2n) is 7.49. The van der Waals surface area contributed by atoms with Crippen LogP contribution in [0, 0.1) is 5.82 Å². The number of carbonyl (C=O) groups excluding carboxylic acids is 1. The Balaban J connectivity index is 1.91. The molecule has 3 aromatic rings. The largest absolute Gasteiger partial charge is 0.392 e. The van der Waals surface area contributed by atoms with Gasteiger partial charge in [0.05, 0.1) is 18.0 Å². The van der Waals surface area contributed by atoms with Crippen LogP contribution in [0.25, 0.3) is 5.69 Å². The maximum absolute atomic E-state index is 13.0. The van der Waals surface area contributed by atoms with E-state index in [0.717, 1.165) is 16.9 Å². The molecule has 0 bridgehead atoms. The lowest BCUT2D eigenvalue weighted by Gasteiger charge is -2.14. The van der Waals surface area contributed by atoms with Crippen LogP contribution in [0.15, 0.2) is 54.6 Å². The van der Waals surface area contributed by atoms with E-state index in [1.54, 1.807) is 4.68 Å². The van der Waals surface area contributed by atoms with E-state index in [1.807, 2.05) is 51.1 Å². The zero-order valence-electron chi connectivity index (χ0n) is 16.0. The average molecular weight is 382 g/mol. The predicted octanol–water partition coefficient (Wildman–Crippen LogP) is 4.45. The fraction of sp³-hybridized carbons (Fsp3) is 0.238. The van der Waals surface area contributed by atoms with Crippen LogP contribution in [0.2, 0.25) is 0 Å². The monoisotopic (exact) mass is 382 g/mol. The molecule has 7 heteroatoms.